The molecule has 1 aliphatic rings. The Kier molecular flexibility index (Phi) is 4.01. The number of likely N-dealkylation sites (N-methyl/N-ethyl adjacent to an activating group) is 1. The van der Waals surface area contributed by atoms with E-state index in [0.29, 0.717) is 24.5 Å². The van der Waals surface area contributed by atoms with Crippen molar-refractivity contribution in [2.45, 2.75) is 12.1 Å². The van der Waals surface area contributed by atoms with Gasteiger partial charge in [-0.3, -0.25) is 9.48 Å². The van der Waals surface area contributed by atoms with E-state index in [1.807, 2.05) is 7.05 Å². The first-order valence-corrected chi connectivity index (χ1v) is 6.92. The van der Waals surface area contributed by atoms with Crippen LogP contribution in [0.25, 0.3) is 0 Å². The van der Waals surface area contributed by atoms with Crippen molar-refractivity contribution < 1.29 is 14.3 Å². The highest BCUT2D eigenvalue weighted by Crippen LogP contribution is 2.20. The zero-order valence-corrected chi connectivity index (χ0v) is 12.4. The van der Waals surface area contributed by atoms with E-state index < -0.39 is 0 Å². The van der Waals surface area contributed by atoms with Gasteiger partial charge in [-0.15, -0.1) is 0 Å². The first-order valence-electron chi connectivity index (χ1n) is 6.92. The minimum atomic E-state index is -0.229. The van der Waals surface area contributed by atoms with Crippen molar-refractivity contribution in [2.24, 2.45) is 7.05 Å². The number of carbonyl (C=O) groups is 1. The van der Waals surface area contributed by atoms with Gasteiger partial charge >= 0.3 is 0 Å². The van der Waals surface area contributed by atoms with Gasteiger partial charge in [0.25, 0.3) is 5.91 Å². The van der Waals surface area contributed by atoms with E-state index in [2.05, 4.69) is 15.3 Å². The maximum atomic E-state index is 12.5. The molecule has 0 aromatic carbocycles. The lowest BCUT2D eigenvalue weighted by Crippen LogP contribution is -2.46. The van der Waals surface area contributed by atoms with Crippen molar-refractivity contribution in [2.75, 3.05) is 20.3 Å². The van der Waals surface area contributed by atoms with Crippen molar-refractivity contribution in [3.05, 3.63) is 36.4 Å². The molecule has 8 heteroatoms. The Morgan fingerprint density at radius 2 is 2.27 bits per heavy atom. The molecule has 22 heavy (non-hydrogen) atoms. The zero-order chi connectivity index (χ0) is 15.5. The van der Waals surface area contributed by atoms with Crippen LogP contribution in [-0.2, 0) is 11.8 Å². The quantitative estimate of drug-likeness (QED) is 0.798. The molecule has 0 N–H and O–H groups in total. The number of hydrogen-bond donors (Lipinski definition) is 0. The van der Waals surface area contributed by atoms with E-state index >= 15 is 0 Å². The van der Waals surface area contributed by atoms with E-state index in [1.165, 1.54) is 12.4 Å². The summed E-state index contributed by atoms with van der Waals surface area (Å²) in [5, 5.41) is 11.5. The molecule has 8 nitrogen and oxygen atoms in total. The van der Waals surface area contributed by atoms with E-state index in [4.69, 9.17) is 9.47 Å². The number of aromatic nitrogens is 4. The molecule has 0 radical (unpaired) electrons. The van der Waals surface area contributed by atoms with Crippen LogP contribution in [0, 0.1) is 0 Å². The van der Waals surface area contributed by atoms with Crippen LogP contribution in [0.5, 0.6) is 5.75 Å². The van der Waals surface area contributed by atoms with Crippen LogP contribution in [0.1, 0.15) is 10.4 Å². The summed E-state index contributed by atoms with van der Waals surface area (Å²) >= 11 is 0. The summed E-state index contributed by atoms with van der Waals surface area (Å²) in [6.07, 6.45) is 6.14. The predicted octanol–water partition coefficient (Wildman–Crippen LogP) is 0.128. The molecule has 1 amide bonds. The van der Waals surface area contributed by atoms with Gasteiger partial charge in [0.2, 0.25) is 0 Å². The second kappa shape index (κ2) is 6.10. The monoisotopic (exact) mass is 303 g/mol. The third-order valence-corrected chi connectivity index (χ3v) is 3.62. The lowest BCUT2D eigenvalue weighted by Gasteiger charge is -2.28. The van der Waals surface area contributed by atoms with Crippen LogP contribution in [0.3, 0.4) is 0 Å². The van der Waals surface area contributed by atoms with Gasteiger partial charge in [-0.1, -0.05) is 0 Å². The average Bonchev–Trinajstić information content (AvgIpc) is 3.16. The molecule has 3 rings (SSSR count). The Balaban J connectivity index is 1.71. The molecule has 0 saturated carbocycles. The molecular formula is C14H17N5O3. The average molecular weight is 303 g/mol. The fraction of sp³-hybridized carbons (Fsp3) is 0.429. The Bertz CT molecular complexity index is 645. The Labute approximate surface area is 127 Å². The van der Waals surface area contributed by atoms with Crippen LogP contribution in [0.2, 0.25) is 0 Å². The summed E-state index contributed by atoms with van der Waals surface area (Å²) in [5.74, 6) is 0.527. The molecule has 1 saturated heterocycles. The third kappa shape index (κ3) is 2.91. The van der Waals surface area contributed by atoms with E-state index in [0.717, 1.165) is 0 Å². The van der Waals surface area contributed by atoms with E-state index in [9.17, 15) is 4.79 Å². The standard InChI is InChI=1S/C14H17N5O3/c1-18-7-11(6-17-18)22-13-9-21-8-12(13)19(2)14(20)10-3-4-15-16-5-10/h3-7,12-13H,8-9H2,1-2H3/t12-,13+/m1/s1. The minimum Gasteiger partial charge on any atom is -0.482 e. The topological polar surface area (TPSA) is 82.4 Å². The molecule has 2 aromatic heterocycles. The predicted molar refractivity (Wildman–Crippen MR) is 76.4 cm³/mol. The summed E-state index contributed by atoms with van der Waals surface area (Å²) < 4.78 is 13.0. The number of nitrogens with zero attached hydrogens (tertiary/aromatic N) is 5. The number of ether oxygens (including phenoxy) is 2. The summed E-state index contributed by atoms with van der Waals surface area (Å²) in [5.41, 5.74) is 0.490. The molecular weight excluding hydrogens is 286 g/mol. The van der Waals surface area contributed by atoms with Crippen molar-refractivity contribution >= 4 is 5.91 Å². The molecule has 0 bridgehead atoms. The minimum absolute atomic E-state index is 0.134. The van der Waals surface area contributed by atoms with Crippen molar-refractivity contribution in [3.63, 3.8) is 0 Å². The molecule has 0 aliphatic carbocycles. The third-order valence-electron chi connectivity index (χ3n) is 3.62. The maximum absolute atomic E-state index is 12.5. The lowest BCUT2D eigenvalue weighted by molar-refractivity contribution is 0.0620. The van der Waals surface area contributed by atoms with E-state index in [1.54, 1.807) is 35.1 Å². The highest BCUT2D eigenvalue weighted by Gasteiger charge is 2.36. The van der Waals surface area contributed by atoms with Gasteiger partial charge in [0.05, 0.1) is 49.6 Å². The molecule has 3 heterocycles. The highest BCUT2D eigenvalue weighted by atomic mass is 16.5. The van der Waals surface area contributed by atoms with Gasteiger partial charge < -0.3 is 14.4 Å². The molecule has 2 aromatic rings. The van der Waals surface area contributed by atoms with Crippen LogP contribution in [0.4, 0.5) is 0 Å². The van der Waals surface area contributed by atoms with Crippen molar-refractivity contribution in [1.29, 1.82) is 0 Å². The normalized spacial score (nSPS) is 20.8. The van der Waals surface area contributed by atoms with Crippen LogP contribution in [0.15, 0.2) is 30.9 Å². The second-order valence-corrected chi connectivity index (χ2v) is 5.16. The molecule has 1 fully saturated rings. The van der Waals surface area contributed by atoms with Crippen LogP contribution in [-0.4, -0.2) is 63.2 Å². The highest BCUT2D eigenvalue weighted by molar-refractivity contribution is 5.93. The van der Waals surface area contributed by atoms with E-state index in [-0.39, 0.29) is 18.1 Å². The van der Waals surface area contributed by atoms with Crippen molar-refractivity contribution in [3.8, 4) is 5.75 Å². The van der Waals surface area contributed by atoms with Gasteiger partial charge in [0, 0.05) is 14.1 Å². The smallest absolute Gasteiger partial charge is 0.255 e. The van der Waals surface area contributed by atoms with Crippen LogP contribution < -0.4 is 4.74 Å². The fourth-order valence-electron chi connectivity index (χ4n) is 2.40. The first kappa shape index (κ1) is 14.5. The number of amides is 1. The summed E-state index contributed by atoms with van der Waals surface area (Å²) in [7, 11) is 3.56. The van der Waals surface area contributed by atoms with Gasteiger partial charge in [0.1, 0.15) is 6.10 Å². The first-order chi connectivity index (χ1) is 10.6. The SMILES string of the molecule is CN(C(=O)c1ccnnc1)[C@@H]1COC[C@@H]1Oc1cnn(C)c1. The number of rotatable bonds is 4. The maximum Gasteiger partial charge on any atom is 0.255 e. The Morgan fingerprint density at radius 1 is 1.41 bits per heavy atom. The largest absolute Gasteiger partial charge is 0.482 e. The molecule has 1 aliphatic heterocycles. The number of carbonyl (C=O) groups excluding carboxylic acids is 1. The molecule has 116 valence electrons. The number of hydrogen-bond acceptors (Lipinski definition) is 6. The lowest BCUT2D eigenvalue weighted by atomic mass is 10.1. The fourth-order valence-corrected chi connectivity index (χ4v) is 2.40. The van der Waals surface area contributed by atoms with Crippen LogP contribution >= 0.6 is 0 Å². The zero-order valence-electron chi connectivity index (χ0n) is 12.4. The van der Waals surface area contributed by atoms with Gasteiger partial charge in [-0.25, -0.2) is 0 Å². The summed E-state index contributed by atoms with van der Waals surface area (Å²) in [4.78, 5) is 14.1. The Hall–Kier alpha value is -2.48. The molecule has 0 unspecified atom stereocenters. The van der Waals surface area contributed by atoms with Gasteiger partial charge in [-0.2, -0.15) is 15.3 Å². The Morgan fingerprint density at radius 3 is 2.95 bits per heavy atom. The summed E-state index contributed by atoms with van der Waals surface area (Å²) in [6, 6.07) is 1.47. The molecule has 0 spiro atoms. The second-order valence-electron chi connectivity index (χ2n) is 5.16. The van der Waals surface area contributed by atoms with Gasteiger partial charge in [0.15, 0.2) is 5.75 Å². The van der Waals surface area contributed by atoms with Gasteiger partial charge in [-0.05, 0) is 6.07 Å². The van der Waals surface area contributed by atoms with Crippen molar-refractivity contribution in [1.82, 2.24) is 24.9 Å². The molecule has 2 atom stereocenters. The number of aryl methyl sites for hydroxylation is 1. The summed E-state index contributed by atoms with van der Waals surface area (Å²) in [6.45, 7) is 0.872.